The molecular formula is C23H21N3OS. The molecule has 0 radical (unpaired) electrons. The van der Waals surface area contributed by atoms with Crippen LogP contribution in [0.1, 0.15) is 11.1 Å². The molecular weight excluding hydrogens is 366 g/mol. The number of thioether (sulfide) groups is 1. The van der Waals surface area contributed by atoms with Gasteiger partial charge in [-0.15, -0.1) is 10.2 Å². The van der Waals surface area contributed by atoms with Gasteiger partial charge in [0.15, 0.2) is 11.0 Å². The van der Waals surface area contributed by atoms with E-state index in [1.807, 2.05) is 30.3 Å². The summed E-state index contributed by atoms with van der Waals surface area (Å²) >= 11 is 1.68. The monoisotopic (exact) mass is 387 g/mol. The average molecular weight is 388 g/mol. The van der Waals surface area contributed by atoms with Crippen LogP contribution in [0.5, 0.6) is 5.75 Å². The molecule has 0 saturated heterocycles. The Balaban J connectivity index is 1.75. The van der Waals surface area contributed by atoms with E-state index >= 15 is 0 Å². The van der Waals surface area contributed by atoms with Crippen LogP contribution in [0.4, 0.5) is 0 Å². The summed E-state index contributed by atoms with van der Waals surface area (Å²) in [5.74, 6) is 2.50. The third kappa shape index (κ3) is 3.94. The van der Waals surface area contributed by atoms with E-state index in [1.54, 1.807) is 18.9 Å². The summed E-state index contributed by atoms with van der Waals surface area (Å²) in [4.78, 5) is 0. The second-order valence-electron chi connectivity index (χ2n) is 6.48. The Morgan fingerprint density at radius 2 is 1.68 bits per heavy atom. The molecule has 0 spiro atoms. The normalized spacial score (nSPS) is 10.8. The molecule has 0 atom stereocenters. The molecule has 1 heterocycles. The molecule has 4 nitrogen and oxygen atoms in total. The van der Waals surface area contributed by atoms with Gasteiger partial charge in [0.25, 0.3) is 0 Å². The Morgan fingerprint density at radius 3 is 2.39 bits per heavy atom. The summed E-state index contributed by atoms with van der Waals surface area (Å²) < 4.78 is 7.42. The molecule has 0 bridgehead atoms. The van der Waals surface area contributed by atoms with Gasteiger partial charge in [0, 0.05) is 17.0 Å². The Hall–Kier alpha value is -3.05. The van der Waals surface area contributed by atoms with Gasteiger partial charge >= 0.3 is 0 Å². The summed E-state index contributed by atoms with van der Waals surface area (Å²) in [6, 6.07) is 26.7. The van der Waals surface area contributed by atoms with Gasteiger partial charge in [0.2, 0.25) is 0 Å². The van der Waals surface area contributed by atoms with Crippen molar-refractivity contribution >= 4 is 11.8 Å². The predicted molar refractivity (Wildman–Crippen MR) is 114 cm³/mol. The molecule has 0 fully saturated rings. The topological polar surface area (TPSA) is 39.9 Å². The van der Waals surface area contributed by atoms with Crippen molar-refractivity contribution in [1.29, 1.82) is 0 Å². The average Bonchev–Trinajstić information content (AvgIpc) is 3.17. The predicted octanol–water partition coefficient (Wildman–Crippen LogP) is 5.54. The Kier molecular flexibility index (Phi) is 5.44. The molecule has 5 heteroatoms. The number of ether oxygens (including phenoxy) is 1. The fourth-order valence-electron chi connectivity index (χ4n) is 3.02. The van der Waals surface area contributed by atoms with Crippen LogP contribution in [0.15, 0.2) is 84.0 Å². The lowest BCUT2D eigenvalue weighted by Crippen LogP contribution is -2.00. The highest BCUT2D eigenvalue weighted by molar-refractivity contribution is 7.98. The number of aryl methyl sites for hydroxylation is 1. The summed E-state index contributed by atoms with van der Waals surface area (Å²) in [7, 11) is 1.67. The maximum absolute atomic E-state index is 5.31. The highest BCUT2D eigenvalue weighted by atomic mass is 32.2. The number of nitrogens with zero attached hydrogens (tertiary/aromatic N) is 3. The highest BCUT2D eigenvalue weighted by Crippen LogP contribution is 2.30. The van der Waals surface area contributed by atoms with Crippen LogP contribution in [-0.4, -0.2) is 21.9 Å². The largest absolute Gasteiger partial charge is 0.497 e. The quantitative estimate of drug-likeness (QED) is 0.407. The zero-order chi connectivity index (χ0) is 19.3. The van der Waals surface area contributed by atoms with Crippen LogP contribution in [0, 0.1) is 6.92 Å². The lowest BCUT2D eigenvalue weighted by molar-refractivity contribution is 0.414. The van der Waals surface area contributed by atoms with E-state index in [0.29, 0.717) is 0 Å². The highest BCUT2D eigenvalue weighted by Gasteiger charge is 2.16. The lowest BCUT2D eigenvalue weighted by Gasteiger charge is -2.11. The molecule has 0 aliphatic heterocycles. The molecule has 0 unspecified atom stereocenters. The first-order valence-corrected chi connectivity index (χ1v) is 10.1. The van der Waals surface area contributed by atoms with Crippen LogP contribution in [0.3, 0.4) is 0 Å². The van der Waals surface area contributed by atoms with Crippen LogP contribution in [0.2, 0.25) is 0 Å². The van der Waals surface area contributed by atoms with E-state index < -0.39 is 0 Å². The summed E-state index contributed by atoms with van der Waals surface area (Å²) in [5.41, 5.74) is 4.52. The summed E-state index contributed by atoms with van der Waals surface area (Å²) in [6.45, 7) is 2.09. The second-order valence-corrected chi connectivity index (χ2v) is 7.43. The molecule has 140 valence electrons. The molecule has 0 amide bonds. The molecule has 4 aromatic rings. The van der Waals surface area contributed by atoms with E-state index in [-0.39, 0.29) is 0 Å². The maximum Gasteiger partial charge on any atom is 0.196 e. The zero-order valence-corrected chi connectivity index (χ0v) is 16.7. The molecule has 3 aromatic carbocycles. The van der Waals surface area contributed by atoms with Crippen molar-refractivity contribution in [2.45, 2.75) is 17.8 Å². The molecule has 0 saturated carbocycles. The summed E-state index contributed by atoms with van der Waals surface area (Å²) in [6.07, 6.45) is 0. The van der Waals surface area contributed by atoms with Gasteiger partial charge in [0.1, 0.15) is 5.75 Å². The number of methoxy groups -OCH3 is 1. The van der Waals surface area contributed by atoms with Crippen molar-refractivity contribution in [2.24, 2.45) is 0 Å². The van der Waals surface area contributed by atoms with E-state index in [9.17, 15) is 0 Å². The van der Waals surface area contributed by atoms with Crippen LogP contribution in [-0.2, 0) is 5.75 Å². The number of hydrogen-bond donors (Lipinski definition) is 0. The first kappa shape index (κ1) is 18.3. The Labute approximate surface area is 169 Å². The van der Waals surface area contributed by atoms with Crippen LogP contribution in [0.25, 0.3) is 17.1 Å². The summed E-state index contributed by atoms with van der Waals surface area (Å²) in [5, 5.41) is 9.89. The molecule has 28 heavy (non-hydrogen) atoms. The third-order valence-corrected chi connectivity index (χ3v) is 5.45. The minimum atomic E-state index is 0.826. The van der Waals surface area contributed by atoms with Crippen LogP contribution >= 0.6 is 11.8 Å². The van der Waals surface area contributed by atoms with Gasteiger partial charge in [0.05, 0.1) is 7.11 Å². The third-order valence-electron chi connectivity index (χ3n) is 4.45. The van der Waals surface area contributed by atoms with Gasteiger partial charge < -0.3 is 4.74 Å². The van der Waals surface area contributed by atoms with Gasteiger partial charge in [-0.2, -0.15) is 0 Å². The fraction of sp³-hybridized carbons (Fsp3) is 0.130. The number of rotatable bonds is 6. The van der Waals surface area contributed by atoms with Gasteiger partial charge in [-0.1, -0.05) is 65.9 Å². The van der Waals surface area contributed by atoms with E-state index in [1.165, 1.54) is 11.1 Å². The van der Waals surface area contributed by atoms with Crippen molar-refractivity contribution in [2.75, 3.05) is 7.11 Å². The SMILES string of the molecule is COc1ccc(-n2c(SCc3ccccc3)nnc2-c2cccc(C)c2)cc1. The van der Waals surface area contributed by atoms with Crippen molar-refractivity contribution in [3.63, 3.8) is 0 Å². The minimum Gasteiger partial charge on any atom is -0.497 e. The van der Waals surface area contributed by atoms with Gasteiger partial charge in [-0.25, -0.2) is 0 Å². The van der Waals surface area contributed by atoms with Crippen molar-refractivity contribution in [3.05, 3.63) is 90.0 Å². The molecule has 0 N–H and O–H groups in total. The number of aromatic nitrogens is 3. The van der Waals surface area contributed by atoms with Crippen molar-refractivity contribution in [3.8, 4) is 22.8 Å². The first-order chi connectivity index (χ1) is 13.7. The first-order valence-electron chi connectivity index (χ1n) is 9.08. The maximum atomic E-state index is 5.31. The second kappa shape index (κ2) is 8.31. The van der Waals surface area contributed by atoms with E-state index in [0.717, 1.165) is 33.7 Å². The van der Waals surface area contributed by atoms with Crippen LogP contribution < -0.4 is 4.74 Å². The van der Waals surface area contributed by atoms with Gasteiger partial charge in [-0.3, -0.25) is 4.57 Å². The van der Waals surface area contributed by atoms with Gasteiger partial charge in [-0.05, 0) is 42.8 Å². The molecule has 0 aliphatic rings. The standard InChI is InChI=1S/C23H21N3OS/c1-17-7-6-10-19(15-17)22-24-25-23(28-16-18-8-4-3-5-9-18)26(22)20-11-13-21(27-2)14-12-20/h3-15H,16H2,1-2H3. The zero-order valence-electron chi connectivity index (χ0n) is 15.9. The van der Waals surface area contributed by atoms with E-state index in [2.05, 4.69) is 70.2 Å². The molecule has 0 aliphatic carbocycles. The molecule has 1 aromatic heterocycles. The lowest BCUT2D eigenvalue weighted by atomic mass is 10.1. The smallest absolute Gasteiger partial charge is 0.196 e. The van der Waals surface area contributed by atoms with E-state index in [4.69, 9.17) is 4.74 Å². The van der Waals surface area contributed by atoms with Crippen molar-refractivity contribution in [1.82, 2.24) is 14.8 Å². The Morgan fingerprint density at radius 1 is 0.893 bits per heavy atom. The minimum absolute atomic E-state index is 0.826. The number of hydrogen-bond acceptors (Lipinski definition) is 4. The fourth-order valence-corrected chi connectivity index (χ4v) is 3.93. The number of benzene rings is 3. The van der Waals surface area contributed by atoms with Crippen molar-refractivity contribution < 1.29 is 4.74 Å². The molecule has 4 rings (SSSR count). The Bertz CT molecular complexity index is 1060.